The van der Waals surface area contributed by atoms with Crippen molar-refractivity contribution in [2.24, 2.45) is 0 Å². The van der Waals surface area contributed by atoms with Crippen molar-refractivity contribution in [2.75, 3.05) is 4.90 Å². The van der Waals surface area contributed by atoms with Crippen LogP contribution in [-0.4, -0.2) is 16.8 Å². The van der Waals surface area contributed by atoms with Crippen molar-refractivity contribution in [1.29, 1.82) is 0 Å². The van der Waals surface area contributed by atoms with Gasteiger partial charge in [0.2, 0.25) is 0 Å². The summed E-state index contributed by atoms with van der Waals surface area (Å²) in [4.78, 5) is 27.1. The first kappa shape index (κ1) is 22.0. The predicted octanol–water partition coefficient (Wildman–Crippen LogP) is 6.21. The molecule has 8 heteroatoms. The molecule has 0 saturated carbocycles. The molecule has 1 atom stereocenters. The molecule has 0 bridgehead atoms. The number of ketones is 1. The summed E-state index contributed by atoms with van der Waals surface area (Å²) in [6.07, 6.45) is 0. The fourth-order valence-electron chi connectivity index (χ4n) is 3.69. The maximum absolute atomic E-state index is 14.0. The molecule has 3 aromatic carbocycles. The molecule has 4 nitrogen and oxygen atoms in total. The van der Waals surface area contributed by atoms with Crippen LogP contribution in [0.2, 0.25) is 10.0 Å². The van der Waals surface area contributed by atoms with E-state index in [1.807, 2.05) is 13.0 Å². The number of benzene rings is 3. The van der Waals surface area contributed by atoms with E-state index in [2.05, 4.69) is 0 Å². The number of halogens is 4. The number of aliphatic hydroxyl groups excluding tert-OH is 1. The van der Waals surface area contributed by atoms with Crippen LogP contribution in [0.3, 0.4) is 0 Å². The molecule has 1 aliphatic rings. The van der Waals surface area contributed by atoms with Crippen LogP contribution in [0.1, 0.15) is 22.7 Å². The van der Waals surface area contributed by atoms with Gasteiger partial charge in [-0.15, -0.1) is 0 Å². The Morgan fingerprint density at radius 3 is 2.34 bits per heavy atom. The number of aliphatic hydroxyl groups is 1. The molecule has 1 saturated heterocycles. The maximum atomic E-state index is 14.0. The van der Waals surface area contributed by atoms with Crippen LogP contribution in [0.4, 0.5) is 14.5 Å². The summed E-state index contributed by atoms with van der Waals surface area (Å²) in [5, 5.41) is 11.4. The van der Waals surface area contributed by atoms with Gasteiger partial charge in [-0.1, -0.05) is 53.0 Å². The number of carbonyl (C=O) groups is 2. The van der Waals surface area contributed by atoms with Gasteiger partial charge < -0.3 is 5.11 Å². The molecule has 3 aromatic rings. The Morgan fingerprint density at radius 2 is 1.69 bits per heavy atom. The molecule has 0 aliphatic carbocycles. The third-order valence-corrected chi connectivity index (χ3v) is 5.92. The molecule has 1 amide bonds. The number of nitrogens with zero attached hydrogens (tertiary/aromatic N) is 1. The molecule has 0 aromatic heterocycles. The van der Waals surface area contributed by atoms with E-state index in [9.17, 15) is 23.5 Å². The molecule has 1 fully saturated rings. The van der Waals surface area contributed by atoms with Crippen LogP contribution >= 0.6 is 23.2 Å². The van der Waals surface area contributed by atoms with Crippen molar-refractivity contribution >= 4 is 46.3 Å². The first-order valence-electron chi connectivity index (χ1n) is 9.47. The molecule has 32 heavy (non-hydrogen) atoms. The van der Waals surface area contributed by atoms with E-state index >= 15 is 0 Å². The van der Waals surface area contributed by atoms with Gasteiger partial charge in [0.25, 0.3) is 11.7 Å². The zero-order valence-electron chi connectivity index (χ0n) is 16.6. The average Bonchev–Trinajstić information content (AvgIpc) is 3.02. The van der Waals surface area contributed by atoms with Crippen LogP contribution < -0.4 is 4.90 Å². The van der Waals surface area contributed by atoms with Crippen LogP contribution in [0.15, 0.2) is 66.2 Å². The van der Waals surface area contributed by atoms with Crippen LogP contribution in [0.5, 0.6) is 0 Å². The van der Waals surface area contributed by atoms with Crippen molar-refractivity contribution in [3.05, 3.63) is 105 Å². The number of rotatable bonds is 3. The Bertz CT molecular complexity index is 1310. The normalized spacial score (nSPS) is 17.8. The van der Waals surface area contributed by atoms with Gasteiger partial charge in [0, 0.05) is 17.3 Å². The smallest absolute Gasteiger partial charge is 0.300 e. The summed E-state index contributed by atoms with van der Waals surface area (Å²) in [5.74, 6) is -4.67. The highest BCUT2D eigenvalue weighted by Crippen LogP contribution is 2.43. The summed E-state index contributed by atoms with van der Waals surface area (Å²) in [5.41, 5.74) is 1.30. The number of hydrogen-bond acceptors (Lipinski definition) is 3. The molecule has 162 valence electrons. The first-order valence-corrected chi connectivity index (χ1v) is 10.2. The fraction of sp³-hybridized carbons (Fsp3) is 0.0833. The van der Waals surface area contributed by atoms with Gasteiger partial charge in [-0.05, 0) is 42.8 Å². The minimum absolute atomic E-state index is 0.0225. The zero-order valence-corrected chi connectivity index (χ0v) is 18.1. The van der Waals surface area contributed by atoms with Gasteiger partial charge in [0.05, 0.1) is 21.7 Å². The molecule has 0 spiro atoms. The van der Waals surface area contributed by atoms with E-state index in [1.165, 1.54) is 24.3 Å². The van der Waals surface area contributed by atoms with E-state index in [4.69, 9.17) is 23.2 Å². The Hall–Kier alpha value is -3.22. The number of carbonyl (C=O) groups excluding carboxylic acids is 2. The van der Waals surface area contributed by atoms with Crippen molar-refractivity contribution in [2.45, 2.75) is 13.0 Å². The van der Waals surface area contributed by atoms with Gasteiger partial charge in [-0.2, -0.15) is 0 Å². The Labute approximate surface area is 192 Å². The Morgan fingerprint density at radius 1 is 0.938 bits per heavy atom. The lowest BCUT2D eigenvalue weighted by Crippen LogP contribution is -2.29. The topological polar surface area (TPSA) is 57.6 Å². The molecule has 1 aliphatic heterocycles. The number of anilines is 1. The predicted molar refractivity (Wildman–Crippen MR) is 119 cm³/mol. The standard InChI is InChI=1S/C24H15Cl2F2NO3/c1-12-3-2-4-13(9-12)21-20(22(30)14-5-7-16(25)17(26)10-14)23(31)24(32)29(21)15-6-8-18(27)19(28)11-15/h2-11,21,30H,1H3/b22-20+. The van der Waals surface area contributed by atoms with E-state index in [0.29, 0.717) is 5.56 Å². The van der Waals surface area contributed by atoms with E-state index in [0.717, 1.165) is 22.6 Å². The summed E-state index contributed by atoms with van der Waals surface area (Å²) in [7, 11) is 0. The average molecular weight is 474 g/mol. The summed E-state index contributed by atoms with van der Waals surface area (Å²) >= 11 is 12.0. The third-order valence-electron chi connectivity index (χ3n) is 5.18. The molecular weight excluding hydrogens is 459 g/mol. The van der Waals surface area contributed by atoms with Crippen molar-refractivity contribution in [1.82, 2.24) is 0 Å². The molecule has 0 radical (unpaired) electrons. The van der Waals surface area contributed by atoms with Crippen molar-refractivity contribution in [3.63, 3.8) is 0 Å². The van der Waals surface area contributed by atoms with Crippen LogP contribution in [-0.2, 0) is 9.59 Å². The SMILES string of the molecule is Cc1cccc(C2/C(=C(\O)c3ccc(Cl)c(Cl)c3)C(=O)C(=O)N2c2ccc(F)c(F)c2)c1. The second-order valence-corrected chi connectivity index (χ2v) is 8.12. The maximum Gasteiger partial charge on any atom is 0.300 e. The Balaban J connectivity index is 1.97. The molecular formula is C24H15Cl2F2NO3. The monoisotopic (exact) mass is 473 g/mol. The third kappa shape index (κ3) is 3.76. The van der Waals surface area contributed by atoms with Crippen molar-refractivity contribution < 1.29 is 23.5 Å². The largest absolute Gasteiger partial charge is 0.507 e. The summed E-state index contributed by atoms with van der Waals surface area (Å²) < 4.78 is 27.5. The number of Topliss-reactive ketones (excluding diaryl/α,β-unsaturated/α-hetero) is 1. The second-order valence-electron chi connectivity index (χ2n) is 7.31. The minimum atomic E-state index is -1.17. The van der Waals surface area contributed by atoms with Crippen LogP contribution in [0.25, 0.3) is 5.76 Å². The fourth-order valence-corrected chi connectivity index (χ4v) is 3.99. The lowest BCUT2D eigenvalue weighted by molar-refractivity contribution is -0.132. The highest BCUT2D eigenvalue weighted by Gasteiger charge is 2.47. The van der Waals surface area contributed by atoms with Gasteiger partial charge in [-0.25, -0.2) is 8.78 Å². The quantitative estimate of drug-likeness (QED) is 0.279. The lowest BCUT2D eigenvalue weighted by Gasteiger charge is -2.25. The zero-order chi connectivity index (χ0) is 23.2. The van der Waals surface area contributed by atoms with Gasteiger partial charge in [-0.3, -0.25) is 14.5 Å². The number of hydrogen-bond donors (Lipinski definition) is 1. The van der Waals surface area contributed by atoms with Gasteiger partial charge >= 0.3 is 0 Å². The van der Waals surface area contributed by atoms with E-state index in [1.54, 1.807) is 18.2 Å². The highest BCUT2D eigenvalue weighted by molar-refractivity contribution is 6.51. The van der Waals surface area contributed by atoms with Gasteiger partial charge in [0.1, 0.15) is 5.76 Å². The molecule has 1 heterocycles. The molecule has 4 rings (SSSR count). The van der Waals surface area contributed by atoms with E-state index < -0.39 is 35.1 Å². The summed E-state index contributed by atoms with van der Waals surface area (Å²) in [6.45, 7) is 1.83. The van der Waals surface area contributed by atoms with Gasteiger partial charge in [0.15, 0.2) is 11.6 Å². The second kappa shape index (κ2) is 8.37. The lowest BCUT2D eigenvalue weighted by atomic mass is 9.94. The number of aryl methyl sites for hydroxylation is 1. The van der Waals surface area contributed by atoms with Crippen molar-refractivity contribution in [3.8, 4) is 0 Å². The molecule has 1 unspecified atom stereocenters. The Kier molecular flexibility index (Phi) is 5.75. The van der Waals surface area contributed by atoms with E-state index in [-0.39, 0.29) is 26.9 Å². The first-order chi connectivity index (χ1) is 15.2. The number of amides is 1. The minimum Gasteiger partial charge on any atom is -0.507 e. The highest BCUT2D eigenvalue weighted by atomic mass is 35.5. The molecule has 1 N–H and O–H groups in total. The summed E-state index contributed by atoms with van der Waals surface area (Å²) in [6, 6.07) is 13.1. The van der Waals surface area contributed by atoms with Crippen LogP contribution in [0, 0.1) is 18.6 Å².